The van der Waals surface area contributed by atoms with E-state index in [0.717, 1.165) is 17.0 Å². The minimum Gasteiger partial charge on any atom is -0.465 e. The van der Waals surface area contributed by atoms with Gasteiger partial charge in [-0.15, -0.1) is 0 Å². The number of carbonyl (C=O) groups is 1. The molecule has 2 aromatic heterocycles. The number of esters is 1. The lowest BCUT2D eigenvalue weighted by Crippen LogP contribution is -2.01. The second-order valence-corrected chi connectivity index (χ2v) is 4.09. The molecule has 0 spiro atoms. The van der Waals surface area contributed by atoms with Crippen LogP contribution in [0.25, 0.3) is 0 Å². The lowest BCUT2D eigenvalue weighted by Gasteiger charge is -1.99. The number of hydrogen-bond donors (Lipinski definition) is 2. The summed E-state index contributed by atoms with van der Waals surface area (Å²) in [5.74, 6) is -0.326. The van der Waals surface area contributed by atoms with Crippen molar-refractivity contribution in [2.24, 2.45) is 0 Å². The number of nitrogens with two attached hydrogens (primary N) is 1. The first-order valence-electron chi connectivity index (χ1n) is 4.72. The molecule has 0 aliphatic carbocycles. The minimum absolute atomic E-state index is 0.160. The second-order valence-electron chi connectivity index (χ2n) is 3.09. The van der Waals surface area contributed by atoms with Gasteiger partial charge in [0.1, 0.15) is 0 Å². The summed E-state index contributed by atoms with van der Waals surface area (Å²) in [6.45, 7) is 0. The maximum Gasteiger partial charge on any atom is 0.351 e. The fourth-order valence-corrected chi connectivity index (χ4v) is 2.01. The number of aromatic nitrogens is 2. The van der Waals surface area contributed by atoms with Crippen molar-refractivity contribution in [3.63, 3.8) is 0 Å². The minimum atomic E-state index is -0.487. The van der Waals surface area contributed by atoms with Gasteiger partial charge in [0.15, 0.2) is 15.8 Å². The van der Waals surface area contributed by atoms with E-state index in [9.17, 15) is 4.79 Å². The molecule has 0 aliphatic heterocycles. The molecule has 7 heteroatoms. The smallest absolute Gasteiger partial charge is 0.351 e. The predicted octanol–water partition coefficient (Wildman–Crippen LogP) is 1.65. The molecule has 0 amide bonds. The molecule has 0 unspecified atom stereocenters. The Kier molecular flexibility index (Phi) is 3.20. The number of carbonyl (C=O) groups excluding carboxylic acids is 1. The van der Waals surface area contributed by atoms with Crippen LogP contribution in [-0.4, -0.2) is 23.0 Å². The number of nitrogens with zero attached hydrogens (tertiary/aromatic N) is 2. The molecular weight excluding hydrogens is 240 g/mol. The van der Waals surface area contributed by atoms with E-state index in [-0.39, 0.29) is 5.82 Å². The van der Waals surface area contributed by atoms with Gasteiger partial charge in [-0.2, -0.15) is 0 Å². The Labute approximate surface area is 101 Å². The fourth-order valence-electron chi connectivity index (χ4n) is 1.18. The Morgan fingerprint density at radius 2 is 2.41 bits per heavy atom. The second kappa shape index (κ2) is 4.79. The average molecular weight is 250 g/mol. The van der Waals surface area contributed by atoms with Crippen LogP contribution in [0.4, 0.5) is 16.6 Å². The zero-order valence-electron chi connectivity index (χ0n) is 9.01. The van der Waals surface area contributed by atoms with Crippen LogP contribution < -0.4 is 11.1 Å². The number of thiazole rings is 1. The van der Waals surface area contributed by atoms with E-state index in [1.165, 1.54) is 7.11 Å². The summed E-state index contributed by atoms with van der Waals surface area (Å²) >= 11 is 1.14. The van der Waals surface area contributed by atoms with Crippen molar-refractivity contribution in [3.8, 4) is 0 Å². The third kappa shape index (κ3) is 2.51. The zero-order chi connectivity index (χ0) is 12.3. The number of hydrogen-bond acceptors (Lipinski definition) is 7. The van der Waals surface area contributed by atoms with Gasteiger partial charge >= 0.3 is 5.97 Å². The summed E-state index contributed by atoms with van der Waals surface area (Å²) in [4.78, 5) is 19.6. The van der Waals surface area contributed by atoms with E-state index in [1.807, 2.05) is 6.07 Å². The first kappa shape index (κ1) is 11.3. The van der Waals surface area contributed by atoms with Crippen LogP contribution in [0.5, 0.6) is 0 Å². The molecule has 17 heavy (non-hydrogen) atoms. The third-order valence-electron chi connectivity index (χ3n) is 1.94. The van der Waals surface area contributed by atoms with E-state index < -0.39 is 5.97 Å². The maximum atomic E-state index is 11.3. The Morgan fingerprint density at radius 1 is 1.59 bits per heavy atom. The number of rotatable bonds is 3. The van der Waals surface area contributed by atoms with Gasteiger partial charge in [0, 0.05) is 6.20 Å². The van der Waals surface area contributed by atoms with E-state index in [0.29, 0.717) is 10.0 Å². The molecule has 0 saturated heterocycles. The highest BCUT2D eigenvalue weighted by molar-refractivity contribution is 7.18. The molecule has 0 bridgehead atoms. The van der Waals surface area contributed by atoms with Crippen molar-refractivity contribution >= 4 is 33.9 Å². The van der Waals surface area contributed by atoms with Gasteiger partial charge in [-0.05, 0) is 12.1 Å². The Morgan fingerprint density at radius 3 is 3.06 bits per heavy atom. The molecule has 88 valence electrons. The molecule has 3 N–H and O–H groups in total. The van der Waals surface area contributed by atoms with Crippen LogP contribution in [0.1, 0.15) is 9.67 Å². The third-order valence-corrected chi connectivity index (χ3v) is 2.90. The molecular formula is C10H10N4O2S. The summed E-state index contributed by atoms with van der Waals surface area (Å²) in [6.07, 6.45) is 3.32. The molecule has 6 nitrogen and oxygen atoms in total. The molecule has 0 aliphatic rings. The number of ether oxygens (including phenoxy) is 1. The molecule has 0 radical (unpaired) electrons. The van der Waals surface area contributed by atoms with Crippen LogP contribution in [-0.2, 0) is 4.74 Å². The Bertz CT molecular complexity index is 526. The van der Waals surface area contributed by atoms with Crippen molar-refractivity contribution in [1.82, 2.24) is 9.97 Å². The SMILES string of the molecule is COC(=O)c1sc(Nc2cccnc2)nc1N. The monoisotopic (exact) mass is 250 g/mol. The normalized spacial score (nSPS) is 9.94. The number of anilines is 3. The highest BCUT2D eigenvalue weighted by atomic mass is 32.1. The van der Waals surface area contributed by atoms with Gasteiger partial charge in [0.2, 0.25) is 0 Å². The van der Waals surface area contributed by atoms with E-state index in [2.05, 4.69) is 20.0 Å². The average Bonchev–Trinajstić information content (AvgIpc) is 2.70. The number of nitrogens with one attached hydrogen (secondary N) is 1. The molecule has 2 rings (SSSR count). The first-order chi connectivity index (χ1) is 8.20. The van der Waals surface area contributed by atoms with Gasteiger partial charge < -0.3 is 15.8 Å². The van der Waals surface area contributed by atoms with Gasteiger partial charge in [-0.3, -0.25) is 4.98 Å². The predicted molar refractivity (Wildman–Crippen MR) is 65.4 cm³/mol. The highest BCUT2D eigenvalue weighted by Gasteiger charge is 2.16. The van der Waals surface area contributed by atoms with Crippen molar-refractivity contribution in [3.05, 3.63) is 29.4 Å². The van der Waals surface area contributed by atoms with Crippen LogP contribution in [0.15, 0.2) is 24.5 Å². The van der Waals surface area contributed by atoms with E-state index in [4.69, 9.17) is 5.73 Å². The number of nitrogen functional groups attached to an aromatic ring is 1. The number of methoxy groups -OCH3 is 1. The van der Waals surface area contributed by atoms with E-state index in [1.54, 1.807) is 18.5 Å². The lowest BCUT2D eigenvalue weighted by atomic mass is 10.4. The van der Waals surface area contributed by atoms with E-state index >= 15 is 0 Å². The quantitative estimate of drug-likeness (QED) is 0.805. The van der Waals surface area contributed by atoms with Crippen molar-refractivity contribution in [2.75, 3.05) is 18.2 Å². The molecule has 0 saturated carbocycles. The van der Waals surface area contributed by atoms with Gasteiger partial charge in [-0.25, -0.2) is 9.78 Å². The number of pyridine rings is 1. The molecule has 0 atom stereocenters. The topological polar surface area (TPSA) is 90.1 Å². The van der Waals surface area contributed by atoms with Crippen LogP contribution >= 0.6 is 11.3 Å². The van der Waals surface area contributed by atoms with Crippen molar-refractivity contribution < 1.29 is 9.53 Å². The summed E-state index contributed by atoms with van der Waals surface area (Å²) in [5.41, 5.74) is 6.39. The van der Waals surface area contributed by atoms with Gasteiger partial charge in [-0.1, -0.05) is 11.3 Å². The van der Waals surface area contributed by atoms with Crippen molar-refractivity contribution in [1.29, 1.82) is 0 Å². The van der Waals surface area contributed by atoms with Crippen molar-refractivity contribution in [2.45, 2.75) is 0 Å². The Hall–Kier alpha value is -2.15. The molecule has 0 aromatic carbocycles. The summed E-state index contributed by atoms with van der Waals surface area (Å²) < 4.78 is 4.59. The van der Waals surface area contributed by atoms with Crippen LogP contribution in [0.3, 0.4) is 0 Å². The summed E-state index contributed by atoms with van der Waals surface area (Å²) in [6, 6.07) is 3.63. The highest BCUT2D eigenvalue weighted by Crippen LogP contribution is 2.27. The zero-order valence-corrected chi connectivity index (χ0v) is 9.82. The summed E-state index contributed by atoms with van der Waals surface area (Å²) in [5, 5.41) is 3.53. The standard InChI is InChI=1S/C10H10N4O2S/c1-16-9(15)7-8(11)14-10(17-7)13-6-3-2-4-12-5-6/h2-5H,11H2,1H3,(H,13,14). The summed E-state index contributed by atoms with van der Waals surface area (Å²) in [7, 11) is 1.30. The first-order valence-corrected chi connectivity index (χ1v) is 5.54. The fraction of sp³-hybridized carbons (Fsp3) is 0.100. The van der Waals surface area contributed by atoms with Gasteiger partial charge in [0.05, 0.1) is 19.0 Å². The lowest BCUT2D eigenvalue weighted by molar-refractivity contribution is 0.0607. The Balaban J connectivity index is 2.21. The van der Waals surface area contributed by atoms with Crippen LogP contribution in [0, 0.1) is 0 Å². The van der Waals surface area contributed by atoms with Crippen LogP contribution in [0.2, 0.25) is 0 Å². The van der Waals surface area contributed by atoms with Gasteiger partial charge in [0.25, 0.3) is 0 Å². The molecule has 0 fully saturated rings. The molecule has 2 aromatic rings. The largest absolute Gasteiger partial charge is 0.465 e. The molecule has 2 heterocycles. The maximum absolute atomic E-state index is 11.3.